The van der Waals surface area contributed by atoms with Gasteiger partial charge in [0, 0.05) is 6.42 Å². The second-order valence-corrected chi connectivity index (χ2v) is 6.67. The molecule has 0 rings (SSSR count). The molecule has 16 heavy (non-hydrogen) atoms. The van der Waals surface area contributed by atoms with Crippen molar-refractivity contribution in [3.63, 3.8) is 0 Å². The molecule has 0 aliphatic heterocycles. The summed E-state index contributed by atoms with van der Waals surface area (Å²) in [6.07, 6.45) is 11.6. The summed E-state index contributed by atoms with van der Waals surface area (Å²) in [4.78, 5) is 10.2. The molecule has 4 heteroatoms. The van der Waals surface area contributed by atoms with E-state index in [2.05, 4.69) is 37.9 Å². The first-order valence-corrected chi connectivity index (χ1v) is 7.44. The fourth-order valence-electron chi connectivity index (χ4n) is 1.52. The van der Waals surface area contributed by atoms with Gasteiger partial charge in [-0.05, 0) is 51.1 Å². The van der Waals surface area contributed by atoms with Crippen LogP contribution in [-0.4, -0.2) is 11.1 Å². The van der Waals surface area contributed by atoms with Crippen molar-refractivity contribution >= 4 is 37.8 Å². The first-order valence-electron chi connectivity index (χ1n) is 5.86. The number of carbonyl (C=O) groups is 1. The van der Waals surface area contributed by atoms with Crippen LogP contribution in [0.5, 0.6) is 0 Å². The van der Waals surface area contributed by atoms with E-state index in [1.54, 1.807) is 0 Å². The highest BCUT2D eigenvalue weighted by molar-refractivity contribution is 9.28. The Bertz CT molecular complexity index is 211. The Morgan fingerprint density at radius 2 is 1.44 bits per heavy atom. The SMILES string of the molecule is O=C(O)CCCCCCCCCC=C(Br)Br. The number of rotatable bonds is 10. The van der Waals surface area contributed by atoms with Crippen LogP contribution in [0.15, 0.2) is 9.47 Å². The van der Waals surface area contributed by atoms with Crippen molar-refractivity contribution in [3.8, 4) is 0 Å². The molecule has 0 aromatic carbocycles. The highest BCUT2D eigenvalue weighted by atomic mass is 79.9. The average molecular weight is 356 g/mol. The Hall–Kier alpha value is 0.170. The molecule has 0 aliphatic carbocycles. The first kappa shape index (κ1) is 16.2. The Kier molecular flexibility index (Phi) is 11.8. The minimum atomic E-state index is -0.674. The van der Waals surface area contributed by atoms with Gasteiger partial charge in [0.1, 0.15) is 0 Å². The standard InChI is InChI=1S/C12H20Br2O2/c13-11(14)9-7-5-3-1-2-4-6-8-10-12(15)16/h9H,1-8,10H2,(H,15,16). The van der Waals surface area contributed by atoms with Crippen LogP contribution >= 0.6 is 31.9 Å². The predicted octanol–water partition coefficient (Wildman–Crippen LogP) is 5.21. The van der Waals surface area contributed by atoms with Crippen LogP contribution in [0.2, 0.25) is 0 Å². The molecule has 0 aromatic heterocycles. The molecule has 0 fully saturated rings. The molecule has 1 N–H and O–H groups in total. The summed E-state index contributed by atoms with van der Waals surface area (Å²) in [7, 11) is 0. The smallest absolute Gasteiger partial charge is 0.303 e. The van der Waals surface area contributed by atoms with Gasteiger partial charge in [-0.3, -0.25) is 4.79 Å². The molecule has 94 valence electrons. The molecule has 0 radical (unpaired) electrons. The third-order valence-corrected chi connectivity index (χ3v) is 3.04. The van der Waals surface area contributed by atoms with E-state index < -0.39 is 5.97 Å². The molecular weight excluding hydrogens is 336 g/mol. The van der Waals surface area contributed by atoms with Crippen molar-refractivity contribution in [2.24, 2.45) is 0 Å². The van der Waals surface area contributed by atoms with E-state index in [-0.39, 0.29) is 0 Å². The summed E-state index contributed by atoms with van der Waals surface area (Å²) in [6, 6.07) is 0. The zero-order chi connectivity index (χ0) is 12.2. The van der Waals surface area contributed by atoms with Gasteiger partial charge in [0.2, 0.25) is 0 Å². The number of hydrogen-bond donors (Lipinski definition) is 1. The summed E-state index contributed by atoms with van der Waals surface area (Å²) >= 11 is 6.65. The van der Waals surface area contributed by atoms with Gasteiger partial charge in [0.05, 0.1) is 3.39 Å². The summed E-state index contributed by atoms with van der Waals surface area (Å²) in [5.74, 6) is -0.674. The average Bonchev–Trinajstić information content (AvgIpc) is 2.20. The molecule has 0 spiro atoms. The molecule has 0 saturated heterocycles. The summed E-state index contributed by atoms with van der Waals surface area (Å²) in [5.41, 5.74) is 0. The van der Waals surface area contributed by atoms with Crippen molar-refractivity contribution in [3.05, 3.63) is 9.47 Å². The van der Waals surface area contributed by atoms with E-state index in [0.29, 0.717) is 6.42 Å². The Morgan fingerprint density at radius 1 is 0.938 bits per heavy atom. The van der Waals surface area contributed by atoms with E-state index in [9.17, 15) is 4.79 Å². The Morgan fingerprint density at radius 3 is 1.94 bits per heavy atom. The van der Waals surface area contributed by atoms with Crippen LogP contribution in [-0.2, 0) is 4.79 Å². The van der Waals surface area contributed by atoms with Gasteiger partial charge in [0.15, 0.2) is 0 Å². The minimum Gasteiger partial charge on any atom is -0.481 e. The van der Waals surface area contributed by atoms with Crippen LogP contribution in [0.4, 0.5) is 0 Å². The van der Waals surface area contributed by atoms with Crippen molar-refractivity contribution in [2.45, 2.75) is 57.8 Å². The normalized spacial score (nSPS) is 10.1. The number of aliphatic carboxylic acids is 1. The summed E-state index contributed by atoms with van der Waals surface area (Å²) in [5, 5.41) is 8.44. The third kappa shape index (κ3) is 14.2. The molecule has 2 nitrogen and oxygen atoms in total. The lowest BCUT2D eigenvalue weighted by molar-refractivity contribution is -0.137. The number of allylic oxidation sites excluding steroid dienone is 1. The van der Waals surface area contributed by atoms with Crippen LogP contribution < -0.4 is 0 Å². The van der Waals surface area contributed by atoms with Crippen LogP contribution in [0, 0.1) is 0 Å². The van der Waals surface area contributed by atoms with Crippen molar-refractivity contribution < 1.29 is 9.90 Å². The predicted molar refractivity (Wildman–Crippen MR) is 75.1 cm³/mol. The molecular formula is C12H20Br2O2. The minimum absolute atomic E-state index is 0.323. The van der Waals surface area contributed by atoms with Crippen molar-refractivity contribution in [1.82, 2.24) is 0 Å². The van der Waals surface area contributed by atoms with E-state index >= 15 is 0 Å². The number of unbranched alkanes of at least 4 members (excludes halogenated alkanes) is 7. The van der Waals surface area contributed by atoms with E-state index in [0.717, 1.165) is 22.7 Å². The second-order valence-electron chi connectivity index (χ2n) is 3.90. The summed E-state index contributed by atoms with van der Waals surface area (Å²) < 4.78 is 1.04. The molecule has 0 aliphatic rings. The highest BCUT2D eigenvalue weighted by Crippen LogP contribution is 2.16. The monoisotopic (exact) mass is 354 g/mol. The quantitative estimate of drug-likeness (QED) is 0.546. The van der Waals surface area contributed by atoms with Gasteiger partial charge in [-0.25, -0.2) is 0 Å². The van der Waals surface area contributed by atoms with Gasteiger partial charge in [-0.15, -0.1) is 0 Å². The van der Waals surface area contributed by atoms with Gasteiger partial charge in [0.25, 0.3) is 0 Å². The largest absolute Gasteiger partial charge is 0.481 e. The Labute approximate surface area is 115 Å². The Balaban J connectivity index is 3.04. The lowest BCUT2D eigenvalue weighted by atomic mass is 10.1. The van der Waals surface area contributed by atoms with E-state index in [4.69, 9.17) is 5.11 Å². The van der Waals surface area contributed by atoms with Gasteiger partial charge in [-0.1, -0.05) is 38.2 Å². The molecule has 0 unspecified atom stereocenters. The number of carboxylic acids is 1. The topological polar surface area (TPSA) is 37.3 Å². The fourth-order valence-corrected chi connectivity index (χ4v) is 1.97. The van der Waals surface area contributed by atoms with Crippen LogP contribution in [0.1, 0.15) is 57.8 Å². The van der Waals surface area contributed by atoms with Gasteiger partial charge in [-0.2, -0.15) is 0 Å². The highest BCUT2D eigenvalue weighted by Gasteiger charge is 1.96. The van der Waals surface area contributed by atoms with E-state index in [1.807, 2.05) is 0 Å². The maximum Gasteiger partial charge on any atom is 0.303 e. The summed E-state index contributed by atoms with van der Waals surface area (Å²) in [6.45, 7) is 0. The first-order chi connectivity index (χ1) is 7.63. The van der Waals surface area contributed by atoms with Gasteiger partial charge < -0.3 is 5.11 Å². The van der Waals surface area contributed by atoms with Crippen LogP contribution in [0.25, 0.3) is 0 Å². The lowest BCUT2D eigenvalue weighted by Gasteiger charge is -2.00. The number of carboxylic acid groups (broad SMARTS) is 1. The molecule has 0 saturated carbocycles. The molecule has 0 bridgehead atoms. The maximum atomic E-state index is 10.2. The lowest BCUT2D eigenvalue weighted by Crippen LogP contribution is -1.93. The zero-order valence-electron chi connectivity index (χ0n) is 9.55. The maximum absolute atomic E-state index is 10.2. The fraction of sp³-hybridized carbons (Fsp3) is 0.750. The van der Waals surface area contributed by atoms with Gasteiger partial charge >= 0.3 is 5.97 Å². The second kappa shape index (κ2) is 11.6. The van der Waals surface area contributed by atoms with Crippen molar-refractivity contribution in [2.75, 3.05) is 0 Å². The molecule has 0 atom stereocenters. The molecule has 0 aromatic rings. The number of halogens is 2. The third-order valence-electron chi connectivity index (χ3n) is 2.39. The van der Waals surface area contributed by atoms with Crippen LogP contribution in [0.3, 0.4) is 0 Å². The zero-order valence-corrected chi connectivity index (χ0v) is 12.7. The van der Waals surface area contributed by atoms with Crippen molar-refractivity contribution in [1.29, 1.82) is 0 Å². The number of hydrogen-bond acceptors (Lipinski definition) is 1. The molecule has 0 amide bonds. The molecule has 0 heterocycles. The van der Waals surface area contributed by atoms with E-state index in [1.165, 1.54) is 32.1 Å².